The zero-order chi connectivity index (χ0) is 21.3. The van der Waals surface area contributed by atoms with Gasteiger partial charge in [-0.2, -0.15) is 0 Å². The quantitative estimate of drug-likeness (QED) is 0.691. The van der Waals surface area contributed by atoms with Crippen LogP contribution in [-0.4, -0.2) is 49.6 Å². The first-order valence-electron chi connectivity index (χ1n) is 10.3. The van der Waals surface area contributed by atoms with Gasteiger partial charge in [0.05, 0.1) is 17.8 Å². The first-order valence-corrected chi connectivity index (χ1v) is 10.3. The number of anilines is 2. The molecule has 1 heterocycles. The fourth-order valence-corrected chi connectivity index (χ4v) is 3.51. The second kappa shape index (κ2) is 10.8. The van der Waals surface area contributed by atoms with Gasteiger partial charge in [-0.3, -0.25) is 14.5 Å². The monoisotopic (exact) mass is 413 g/mol. The van der Waals surface area contributed by atoms with Gasteiger partial charge in [0.15, 0.2) is 0 Å². The molecule has 0 atom stereocenters. The van der Waals surface area contributed by atoms with Crippen LogP contribution < -0.4 is 10.6 Å². The van der Waals surface area contributed by atoms with Crippen LogP contribution in [0.2, 0.25) is 0 Å². The van der Waals surface area contributed by atoms with Crippen LogP contribution in [0.5, 0.6) is 0 Å². The van der Waals surface area contributed by atoms with Gasteiger partial charge < -0.3 is 15.4 Å². The largest absolute Gasteiger partial charge is 0.381 e. The van der Waals surface area contributed by atoms with E-state index >= 15 is 0 Å². The molecule has 0 unspecified atom stereocenters. The lowest BCUT2D eigenvalue weighted by Gasteiger charge is -2.31. The SMILES string of the molecule is CCOCC1CCN(CC(=O)Nc2ccccc2C(=O)Nc2ccc(F)cc2)CC1. The number of likely N-dealkylation sites (tertiary alicyclic amines) is 1. The number of benzene rings is 2. The fourth-order valence-electron chi connectivity index (χ4n) is 3.51. The molecule has 2 amide bonds. The molecule has 1 fully saturated rings. The van der Waals surface area contributed by atoms with Crippen molar-refractivity contribution in [2.45, 2.75) is 19.8 Å². The lowest BCUT2D eigenvalue weighted by molar-refractivity contribution is -0.117. The second-order valence-corrected chi connectivity index (χ2v) is 7.43. The Bertz CT molecular complexity index is 849. The molecule has 7 heteroatoms. The summed E-state index contributed by atoms with van der Waals surface area (Å²) in [7, 11) is 0. The Labute approximate surface area is 176 Å². The highest BCUT2D eigenvalue weighted by molar-refractivity contribution is 6.10. The molecular weight excluding hydrogens is 385 g/mol. The summed E-state index contributed by atoms with van der Waals surface area (Å²) in [4.78, 5) is 27.3. The third-order valence-electron chi connectivity index (χ3n) is 5.18. The number of hydrogen-bond acceptors (Lipinski definition) is 4. The summed E-state index contributed by atoms with van der Waals surface area (Å²) in [5.74, 6) is -0.336. The van der Waals surface area contributed by atoms with Crippen molar-refractivity contribution in [3.63, 3.8) is 0 Å². The third-order valence-corrected chi connectivity index (χ3v) is 5.18. The van der Waals surface area contributed by atoms with Crippen molar-refractivity contribution in [1.29, 1.82) is 0 Å². The number of carbonyl (C=O) groups excluding carboxylic acids is 2. The smallest absolute Gasteiger partial charge is 0.257 e. The van der Waals surface area contributed by atoms with Crippen LogP contribution in [0, 0.1) is 11.7 Å². The number of nitrogens with zero attached hydrogens (tertiary/aromatic N) is 1. The molecule has 1 aliphatic heterocycles. The minimum atomic E-state index is -0.373. The van der Waals surface area contributed by atoms with Gasteiger partial charge >= 0.3 is 0 Å². The number of rotatable bonds is 8. The van der Waals surface area contributed by atoms with E-state index in [9.17, 15) is 14.0 Å². The van der Waals surface area contributed by atoms with Crippen molar-refractivity contribution in [3.8, 4) is 0 Å². The second-order valence-electron chi connectivity index (χ2n) is 7.43. The van der Waals surface area contributed by atoms with Gasteiger partial charge in [0.2, 0.25) is 5.91 Å². The van der Waals surface area contributed by atoms with Crippen LogP contribution in [0.15, 0.2) is 48.5 Å². The summed E-state index contributed by atoms with van der Waals surface area (Å²) in [6.07, 6.45) is 2.04. The minimum Gasteiger partial charge on any atom is -0.381 e. The number of para-hydroxylation sites is 1. The van der Waals surface area contributed by atoms with Crippen LogP contribution in [-0.2, 0) is 9.53 Å². The molecule has 6 nitrogen and oxygen atoms in total. The predicted molar refractivity (Wildman–Crippen MR) is 115 cm³/mol. The maximum atomic E-state index is 13.1. The summed E-state index contributed by atoms with van der Waals surface area (Å²) in [5, 5.41) is 5.58. The lowest BCUT2D eigenvalue weighted by atomic mass is 9.98. The zero-order valence-electron chi connectivity index (χ0n) is 17.2. The first-order chi connectivity index (χ1) is 14.5. The number of amides is 2. The molecule has 0 radical (unpaired) electrons. The van der Waals surface area contributed by atoms with Crippen molar-refractivity contribution >= 4 is 23.2 Å². The predicted octanol–water partition coefficient (Wildman–Crippen LogP) is 3.77. The van der Waals surface area contributed by atoms with Gasteiger partial charge in [-0.25, -0.2) is 4.39 Å². The minimum absolute atomic E-state index is 0.153. The highest BCUT2D eigenvalue weighted by Gasteiger charge is 2.21. The third kappa shape index (κ3) is 6.37. The Kier molecular flexibility index (Phi) is 7.93. The van der Waals surface area contributed by atoms with E-state index in [0.717, 1.165) is 39.1 Å². The van der Waals surface area contributed by atoms with Crippen molar-refractivity contribution in [2.75, 3.05) is 43.5 Å². The van der Waals surface area contributed by atoms with Gasteiger partial charge in [-0.1, -0.05) is 12.1 Å². The Balaban J connectivity index is 1.55. The molecule has 0 saturated carbocycles. The number of ether oxygens (including phenoxy) is 1. The lowest BCUT2D eigenvalue weighted by Crippen LogP contribution is -2.40. The van der Waals surface area contributed by atoms with Crippen LogP contribution in [0.3, 0.4) is 0 Å². The van der Waals surface area contributed by atoms with E-state index < -0.39 is 0 Å². The van der Waals surface area contributed by atoms with Crippen molar-refractivity contribution < 1.29 is 18.7 Å². The maximum absolute atomic E-state index is 13.1. The van der Waals surface area contributed by atoms with E-state index in [1.807, 2.05) is 6.92 Å². The zero-order valence-corrected chi connectivity index (χ0v) is 17.2. The van der Waals surface area contributed by atoms with E-state index in [0.29, 0.717) is 22.9 Å². The van der Waals surface area contributed by atoms with E-state index in [1.54, 1.807) is 24.3 Å². The van der Waals surface area contributed by atoms with Crippen molar-refractivity contribution in [1.82, 2.24) is 4.90 Å². The van der Waals surface area contributed by atoms with Gasteiger partial charge in [-0.15, -0.1) is 0 Å². The molecular formula is C23H28FN3O3. The van der Waals surface area contributed by atoms with Crippen LogP contribution in [0.4, 0.5) is 15.8 Å². The molecule has 0 spiro atoms. The molecule has 2 aromatic rings. The van der Waals surface area contributed by atoms with E-state index in [1.165, 1.54) is 24.3 Å². The normalized spacial score (nSPS) is 15.0. The molecule has 0 aromatic heterocycles. The number of carbonyl (C=O) groups is 2. The molecule has 1 aliphatic rings. The average molecular weight is 413 g/mol. The molecule has 2 N–H and O–H groups in total. The summed E-state index contributed by atoms with van der Waals surface area (Å²) in [6.45, 7) is 5.52. The maximum Gasteiger partial charge on any atom is 0.257 e. The first kappa shape index (κ1) is 21.9. The molecule has 3 rings (SSSR count). The summed E-state index contributed by atoms with van der Waals surface area (Å²) in [5.41, 5.74) is 1.29. The molecule has 30 heavy (non-hydrogen) atoms. The van der Waals surface area contributed by atoms with E-state index in [4.69, 9.17) is 4.74 Å². The van der Waals surface area contributed by atoms with Gasteiger partial charge in [0.1, 0.15) is 5.82 Å². The highest BCUT2D eigenvalue weighted by atomic mass is 19.1. The van der Waals surface area contributed by atoms with Gasteiger partial charge in [-0.05, 0) is 75.2 Å². The number of halogens is 1. The number of hydrogen-bond donors (Lipinski definition) is 2. The standard InChI is InChI=1S/C23H28FN3O3/c1-2-30-16-17-11-13-27(14-12-17)15-22(28)26-21-6-4-3-5-20(21)23(29)25-19-9-7-18(24)8-10-19/h3-10,17H,2,11-16H2,1H3,(H,25,29)(H,26,28). The molecule has 2 aromatic carbocycles. The number of nitrogens with one attached hydrogen (secondary N) is 2. The Morgan fingerprint density at radius 2 is 1.77 bits per heavy atom. The molecule has 0 aliphatic carbocycles. The average Bonchev–Trinajstić information content (AvgIpc) is 2.75. The Morgan fingerprint density at radius 3 is 2.47 bits per heavy atom. The Hall–Kier alpha value is -2.77. The van der Waals surface area contributed by atoms with E-state index in [-0.39, 0.29) is 24.2 Å². The van der Waals surface area contributed by atoms with Gasteiger partial charge in [0.25, 0.3) is 5.91 Å². The Morgan fingerprint density at radius 1 is 1.07 bits per heavy atom. The highest BCUT2D eigenvalue weighted by Crippen LogP contribution is 2.20. The molecule has 1 saturated heterocycles. The molecule has 160 valence electrons. The fraction of sp³-hybridized carbons (Fsp3) is 0.391. The number of piperidine rings is 1. The summed E-state index contributed by atoms with van der Waals surface area (Å²) in [6, 6.07) is 12.4. The van der Waals surface area contributed by atoms with Crippen LogP contribution in [0.25, 0.3) is 0 Å². The summed E-state index contributed by atoms with van der Waals surface area (Å²) < 4.78 is 18.6. The molecule has 0 bridgehead atoms. The van der Waals surface area contributed by atoms with Crippen molar-refractivity contribution in [2.24, 2.45) is 5.92 Å². The van der Waals surface area contributed by atoms with Crippen molar-refractivity contribution in [3.05, 3.63) is 59.9 Å². The van der Waals surface area contributed by atoms with Crippen LogP contribution >= 0.6 is 0 Å². The topological polar surface area (TPSA) is 70.7 Å². The summed E-state index contributed by atoms with van der Waals surface area (Å²) >= 11 is 0. The van der Waals surface area contributed by atoms with Gasteiger partial charge in [0, 0.05) is 18.9 Å². The van der Waals surface area contributed by atoms with Crippen LogP contribution in [0.1, 0.15) is 30.1 Å². The van der Waals surface area contributed by atoms with E-state index in [2.05, 4.69) is 15.5 Å².